The summed E-state index contributed by atoms with van der Waals surface area (Å²) in [5, 5.41) is 0.578. The summed E-state index contributed by atoms with van der Waals surface area (Å²) in [6.45, 7) is 8.77. The smallest absolute Gasteiger partial charge is 0.266 e. The first-order chi connectivity index (χ1) is 14.5. The number of fused-ring (bicyclic) bond motifs is 1. The van der Waals surface area contributed by atoms with Gasteiger partial charge in [-0.15, -0.1) is 0 Å². The number of benzene rings is 2. The Morgan fingerprint density at radius 2 is 1.87 bits per heavy atom. The summed E-state index contributed by atoms with van der Waals surface area (Å²) in [5.74, 6) is 0.715. The summed E-state index contributed by atoms with van der Waals surface area (Å²) < 4.78 is 1.68. The topological polar surface area (TPSA) is 55.2 Å². The van der Waals surface area contributed by atoms with Gasteiger partial charge in [0.15, 0.2) is 0 Å². The van der Waals surface area contributed by atoms with Crippen LogP contribution in [0.15, 0.2) is 53.3 Å². The Labute approximate surface area is 178 Å². The molecule has 0 N–H and O–H groups in total. The normalized spacial score (nSPS) is 12.1. The number of hydrogen-bond acceptors (Lipinski definition) is 3. The predicted octanol–water partition coefficient (Wildman–Crippen LogP) is 5.18. The number of unbranched alkanes of at least 4 members (excludes halogenated alkanes) is 1. The van der Waals surface area contributed by atoms with Crippen molar-refractivity contribution in [2.24, 2.45) is 0 Å². The van der Waals surface area contributed by atoms with Crippen LogP contribution in [0.3, 0.4) is 0 Å². The minimum absolute atomic E-state index is 0.106. The standard InChI is InChI=1S/C25H31N3O2/c1-5-7-15-23(29)27(16-6-2)19(4)24-26-22-14-9-8-13-21(22)25(30)28(24)20-12-10-11-18(3)17-20/h8-14,17,19H,5-7,15-16H2,1-4H3. The third-order valence-electron chi connectivity index (χ3n) is 5.43. The Balaban J connectivity index is 2.21. The van der Waals surface area contributed by atoms with Gasteiger partial charge in [0.2, 0.25) is 5.91 Å². The van der Waals surface area contributed by atoms with Crippen molar-refractivity contribution in [2.45, 2.75) is 59.4 Å². The van der Waals surface area contributed by atoms with Crippen molar-refractivity contribution >= 4 is 16.8 Å². The van der Waals surface area contributed by atoms with Gasteiger partial charge in [-0.1, -0.05) is 44.5 Å². The molecular formula is C25H31N3O2. The molecule has 158 valence electrons. The number of carbonyl (C=O) groups excluding carboxylic acids is 1. The predicted molar refractivity (Wildman–Crippen MR) is 122 cm³/mol. The van der Waals surface area contributed by atoms with E-state index >= 15 is 0 Å². The molecule has 0 saturated heterocycles. The van der Waals surface area contributed by atoms with Crippen molar-refractivity contribution in [1.29, 1.82) is 0 Å². The van der Waals surface area contributed by atoms with E-state index in [9.17, 15) is 9.59 Å². The molecule has 0 saturated carbocycles. The van der Waals surface area contributed by atoms with Gasteiger partial charge < -0.3 is 4.90 Å². The first-order valence-corrected chi connectivity index (χ1v) is 10.9. The van der Waals surface area contributed by atoms with Crippen LogP contribution < -0.4 is 5.56 Å². The molecule has 30 heavy (non-hydrogen) atoms. The van der Waals surface area contributed by atoms with E-state index in [1.807, 2.05) is 67.3 Å². The number of carbonyl (C=O) groups is 1. The van der Waals surface area contributed by atoms with Crippen LogP contribution in [0.1, 0.15) is 63.9 Å². The zero-order valence-corrected chi connectivity index (χ0v) is 18.4. The second-order valence-electron chi connectivity index (χ2n) is 7.83. The number of para-hydroxylation sites is 1. The summed E-state index contributed by atoms with van der Waals surface area (Å²) in [5.41, 5.74) is 2.39. The third-order valence-corrected chi connectivity index (χ3v) is 5.43. The van der Waals surface area contributed by atoms with Crippen molar-refractivity contribution in [3.8, 4) is 5.69 Å². The van der Waals surface area contributed by atoms with Crippen molar-refractivity contribution < 1.29 is 4.79 Å². The Kier molecular flexibility index (Phi) is 7.03. The Morgan fingerprint density at radius 1 is 1.10 bits per heavy atom. The van der Waals surface area contributed by atoms with Crippen LogP contribution in [0.25, 0.3) is 16.6 Å². The van der Waals surface area contributed by atoms with Crippen LogP contribution in [0.4, 0.5) is 0 Å². The van der Waals surface area contributed by atoms with Gasteiger partial charge >= 0.3 is 0 Å². The first-order valence-electron chi connectivity index (χ1n) is 10.9. The quantitative estimate of drug-likeness (QED) is 0.519. The van der Waals surface area contributed by atoms with Crippen LogP contribution in [-0.4, -0.2) is 26.9 Å². The van der Waals surface area contributed by atoms with E-state index in [4.69, 9.17) is 4.98 Å². The van der Waals surface area contributed by atoms with Crippen LogP contribution in [0, 0.1) is 6.92 Å². The summed E-state index contributed by atoms with van der Waals surface area (Å²) in [6, 6.07) is 14.9. The molecule has 1 heterocycles. The van der Waals surface area contributed by atoms with Gasteiger partial charge in [-0.05, 0) is 56.5 Å². The average molecular weight is 406 g/mol. The van der Waals surface area contributed by atoms with E-state index in [1.54, 1.807) is 4.57 Å². The fourth-order valence-electron chi connectivity index (χ4n) is 3.83. The minimum atomic E-state index is -0.313. The second kappa shape index (κ2) is 9.70. The number of amides is 1. The molecule has 2 aromatic carbocycles. The van der Waals surface area contributed by atoms with Crippen LogP contribution in [0.5, 0.6) is 0 Å². The highest BCUT2D eigenvalue weighted by Gasteiger charge is 2.26. The second-order valence-corrected chi connectivity index (χ2v) is 7.83. The fraction of sp³-hybridized carbons (Fsp3) is 0.400. The molecular weight excluding hydrogens is 374 g/mol. The lowest BCUT2D eigenvalue weighted by Gasteiger charge is -2.30. The highest BCUT2D eigenvalue weighted by Crippen LogP contribution is 2.24. The molecule has 0 spiro atoms. The molecule has 0 aliphatic heterocycles. The molecule has 1 aromatic heterocycles. The molecule has 3 aromatic rings. The first kappa shape index (κ1) is 21.8. The number of aryl methyl sites for hydroxylation is 1. The Hall–Kier alpha value is -2.95. The van der Waals surface area contributed by atoms with Crippen molar-refractivity contribution in [2.75, 3.05) is 6.54 Å². The van der Waals surface area contributed by atoms with Gasteiger partial charge in [-0.2, -0.15) is 0 Å². The van der Waals surface area contributed by atoms with E-state index < -0.39 is 0 Å². The lowest BCUT2D eigenvalue weighted by atomic mass is 10.1. The van der Waals surface area contributed by atoms with Gasteiger partial charge in [0.25, 0.3) is 5.56 Å². The number of aromatic nitrogens is 2. The van der Waals surface area contributed by atoms with Crippen LogP contribution in [-0.2, 0) is 4.79 Å². The highest BCUT2D eigenvalue weighted by molar-refractivity contribution is 5.79. The maximum Gasteiger partial charge on any atom is 0.266 e. The molecule has 1 atom stereocenters. The number of nitrogens with zero attached hydrogens (tertiary/aromatic N) is 3. The van der Waals surface area contributed by atoms with E-state index in [0.29, 0.717) is 29.7 Å². The SMILES string of the molecule is CCCCC(=O)N(CCC)C(C)c1nc2ccccc2c(=O)n1-c1cccc(C)c1. The van der Waals surface area contributed by atoms with Gasteiger partial charge in [-0.3, -0.25) is 14.2 Å². The summed E-state index contributed by atoms with van der Waals surface area (Å²) in [4.78, 5) is 33.2. The summed E-state index contributed by atoms with van der Waals surface area (Å²) in [7, 11) is 0. The largest absolute Gasteiger partial charge is 0.333 e. The molecule has 0 bridgehead atoms. The Bertz CT molecular complexity index is 1090. The van der Waals surface area contributed by atoms with Crippen molar-refractivity contribution in [1.82, 2.24) is 14.5 Å². The Morgan fingerprint density at radius 3 is 2.57 bits per heavy atom. The lowest BCUT2D eigenvalue weighted by Crippen LogP contribution is -2.37. The van der Waals surface area contributed by atoms with Crippen molar-refractivity contribution in [3.05, 3.63) is 70.3 Å². The molecule has 1 amide bonds. The molecule has 1 unspecified atom stereocenters. The van der Waals surface area contributed by atoms with Crippen LogP contribution in [0.2, 0.25) is 0 Å². The molecule has 5 nitrogen and oxygen atoms in total. The van der Waals surface area contributed by atoms with E-state index in [1.165, 1.54) is 0 Å². The zero-order valence-electron chi connectivity index (χ0n) is 18.4. The monoisotopic (exact) mass is 405 g/mol. The van der Waals surface area contributed by atoms with Gasteiger partial charge in [-0.25, -0.2) is 4.98 Å². The molecule has 0 aliphatic rings. The zero-order chi connectivity index (χ0) is 21.7. The molecule has 0 aliphatic carbocycles. The average Bonchev–Trinajstić information content (AvgIpc) is 2.75. The van der Waals surface area contributed by atoms with E-state index in [2.05, 4.69) is 13.8 Å². The van der Waals surface area contributed by atoms with Gasteiger partial charge in [0.05, 0.1) is 22.6 Å². The fourth-order valence-corrected chi connectivity index (χ4v) is 3.83. The van der Waals surface area contributed by atoms with Crippen LogP contribution >= 0.6 is 0 Å². The third kappa shape index (κ3) is 4.45. The maximum absolute atomic E-state index is 13.5. The van der Waals surface area contributed by atoms with Gasteiger partial charge in [0.1, 0.15) is 5.82 Å². The minimum Gasteiger partial charge on any atom is -0.333 e. The highest BCUT2D eigenvalue weighted by atomic mass is 16.2. The molecule has 0 radical (unpaired) electrons. The van der Waals surface area contributed by atoms with Gasteiger partial charge in [0, 0.05) is 13.0 Å². The number of hydrogen-bond donors (Lipinski definition) is 0. The summed E-state index contributed by atoms with van der Waals surface area (Å²) >= 11 is 0. The molecule has 5 heteroatoms. The lowest BCUT2D eigenvalue weighted by molar-refractivity contribution is -0.133. The maximum atomic E-state index is 13.5. The van der Waals surface area contributed by atoms with E-state index in [0.717, 1.165) is 30.5 Å². The number of rotatable bonds is 8. The molecule has 3 rings (SSSR count). The molecule has 0 fully saturated rings. The van der Waals surface area contributed by atoms with E-state index in [-0.39, 0.29) is 17.5 Å². The summed E-state index contributed by atoms with van der Waals surface area (Å²) in [6.07, 6.45) is 3.21. The van der Waals surface area contributed by atoms with Crippen molar-refractivity contribution in [3.63, 3.8) is 0 Å².